The maximum Gasteiger partial charge on any atom is 0.573 e. The average Bonchev–Trinajstić information content (AvgIpc) is 1.94. The van der Waals surface area contributed by atoms with Crippen LogP contribution in [0, 0.1) is 0 Å². The van der Waals surface area contributed by atoms with Crippen LogP contribution >= 0.6 is 11.6 Å². The number of halogens is 4. The summed E-state index contributed by atoms with van der Waals surface area (Å²) in [6, 6.07) is 3.34. The summed E-state index contributed by atoms with van der Waals surface area (Å²) in [4.78, 5) is 0. The molecule has 0 aromatic heterocycles. The molecular formula is C7H5ClF3NO. The molecule has 0 fully saturated rings. The van der Waals surface area contributed by atoms with Gasteiger partial charge in [-0.25, -0.2) is 0 Å². The first kappa shape index (κ1) is 9.98. The number of ether oxygens (including phenoxy) is 1. The number of nitrogen functional groups attached to an aromatic ring is 1. The van der Waals surface area contributed by atoms with Gasteiger partial charge >= 0.3 is 6.36 Å². The average molecular weight is 212 g/mol. The Labute approximate surface area is 77.0 Å². The molecule has 1 rings (SSSR count). The maximum absolute atomic E-state index is 11.7. The van der Waals surface area contributed by atoms with Crippen LogP contribution in [-0.4, -0.2) is 6.36 Å². The molecule has 13 heavy (non-hydrogen) atoms. The lowest BCUT2D eigenvalue weighted by atomic mass is 10.3. The topological polar surface area (TPSA) is 35.2 Å². The highest BCUT2D eigenvalue weighted by atomic mass is 35.5. The van der Waals surface area contributed by atoms with Gasteiger partial charge in [0, 0.05) is 6.07 Å². The molecule has 1 aromatic carbocycles. The number of hydrogen-bond donors (Lipinski definition) is 1. The quantitative estimate of drug-likeness (QED) is 0.725. The zero-order valence-corrected chi connectivity index (χ0v) is 6.99. The van der Waals surface area contributed by atoms with E-state index in [0.717, 1.165) is 12.1 Å². The molecule has 0 unspecified atom stereocenters. The van der Waals surface area contributed by atoms with E-state index in [9.17, 15) is 13.2 Å². The first-order valence-electron chi connectivity index (χ1n) is 3.19. The smallest absolute Gasteiger partial charge is 0.406 e. The standard InChI is InChI=1S/C7H5ClF3NO/c8-5-3-4(1-2-6(5)12)13-7(9,10)11/h1-3H,12H2. The van der Waals surface area contributed by atoms with Gasteiger partial charge in [-0.1, -0.05) is 11.6 Å². The molecule has 0 saturated carbocycles. The third kappa shape index (κ3) is 3.02. The third-order valence-corrected chi connectivity index (χ3v) is 1.53. The van der Waals surface area contributed by atoms with Crippen LogP contribution in [0.2, 0.25) is 5.02 Å². The van der Waals surface area contributed by atoms with E-state index in [0.29, 0.717) is 0 Å². The van der Waals surface area contributed by atoms with Crippen molar-refractivity contribution in [3.05, 3.63) is 23.2 Å². The molecule has 2 nitrogen and oxygen atoms in total. The van der Waals surface area contributed by atoms with Gasteiger partial charge in [0.1, 0.15) is 5.75 Å². The molecular weight excluding hydrogens is 207 g/mol. The summed E-state index contributed by atoms with van der Waals surface area (Å²) in [7, 11) is 0. The third-order valence-electron chi connectivity index (χ3n) is 1.21. The molecule has 0 aliphatic carbocycles. The molecule has 0 radical (unpaired) electrons. The maximum atomic E-state index is 11.7. The van der Waals surface area contributed by atoms with Gasteiger partial charge in [0.15, 0.2) is 0 Å². The fourth-order valence-electron chi connectivity index (χ4n) is 0.705. The van der Waals surface area contributed by atoms with E-state index >= 15 is 0 Å². The second-order valence-corrected chi connectivity index (χ2v) is 2.64. The summed E-state index contributed by atoms with van der Waals surface area (Å²) in [5.41, 5.74) is 5.49. The van der Waals surface area contributed by atoms with Crippen molar-refractivity contribution in [3.63, 3.8) is 0 Å². The number of nitrogens with two attached hydrogens (primary N) is 1. The normalized spacial score (nSPS) is 11.4. The van der Waals surface area contributed by atoms with Crippen molar-refractivity contribution in [3.8, 4) is 5.75 Å². The minimum Gasteiger partial charge on any atom is -0.406 e. The summed E-state index contributed by atoms with van der Waals surface area (Å²) < 4.78 is 38.6. The summed E-state index contributed by atoms with van der Waals surface area (Å²) in [5, 5.41) is 0.0294. The Balaban J connectivity index is 2.86. The van der Waals surface area contributed by atoms with Crippen molar-refractivity contribution >= 4 is 17.3 Å². The van der Waals surface area contributed by atoms with Crippen molar-refractivity contribution in [2.75, 3.05) is 5.73 Å². The minimum absolute atomic E-state index is 0.0294. The van der Waals surface area contributed by atoms with Crippen LogP contribution < -0.4 is 10.5 Å². The molecule has 0 saturated heterocycles. The van der Waals surface area contributed by atoms with Crippen molar-refractivity contribution < 1.29 is 17.9 Å². The Morgan fingerprint density at radius 3 is 2.38 bits per heavy atom. The second-order valence-electron chi connectivity index (χ2n) is 2.23. The predicted molar refractivity (Wildman–Crippen MR) is 42.5 cm³/mol. The fourth-order valence-corrected chi connectivity index (χ4v) is 0.876. The summed E-state index contributed by atoms with van der Waals surface area (Å²) in [6.45, 7) is 0. The zero-order chi connectivity index (χ0) is 10.1. The predicted octanol–water partition coefficient (Wildman–Crippen LogP) is 2.82. The van der Waals surface area contributed by atoms with Gasteiger partial charge in [0.25, 0.3) is 0 Å². The molecule has 0 amide bonds. The summed E-state index contributed by atoms with van der Waals surface area (Å²) in [6.07, 6.45) is -4.71. The van der Waals surface area contributed by atoms with E-state index in [-0.39, 0.29) is 16.5 Å². The first-order valence-corrected chi connectivity index (χ1v) is 3.57. The lowest BCUT2D eigenvalue weighted by Crippen LogP contribution is -2.17. The second kappa shape index (κ2) is 3.33. The van der Waals surface area contributed by atoms with E-state index in [4.69, 9.17) is 17.3 Å². The molecule has 0 aliphatic heterocycles. The van der Waals surface area contributed by atoms with Crippen LogP contribution in [0.25, 0.3) is 0 Å². The minimum atomic E-state index is -4.71. The highest BCUT2D eigenvalue weighted by molar-refractivity contribution is 6.33. The highest BCUT2D eigenvalue weighted by Crippen LogP contribution is 2.28. The summed E-state index contributed by atoms with van der Waals surface area (Å²) >= 11 is 5.47. The number of alkyl halides is 3. The van der Waals surface area contributed by atoms with Gasteiger partial charge in [-0.3, -0.25) is 0 Å². The molecule has 0 spiro atoms. The Morgan fingerprint density at radius 1 is 1.31 bits per heavy atom. The lowest BCUT2D eigenvalue weighted by Gasteiger charge is -2.09. The van der Waals surface area contributed by atoms with Crippen molar-refractivity contribution in [1.82, 2.24) is 0 Å². The summed E-state index contributed by atoms with van der Waals surface area (Å²) in [5.74, 6) is -0.383. The van der Waals surface area contributed by atoms with Crippen molar-refractivity contribution in [1.29, 1.82) is 0 Å². The van der Waals surface area contributed by atoms with Gasteiger partial charge in [-0.2, -0.15) is 0 Å². The van der Waals surface area contributed by atoms with E-state index in [1.54, 1.807) is 0 Å². The van der Waals surface area contributed by atoms with Crippen LogP contribution in [0.3, 0.4) is 0 Å². The molecule has 1 aromatic rings. The molecule has 6 heteroatoms. The van der Waals surface area contributed by atoms with Gasteiger partial charge < -0.3 is 10.5 Å². The van der Waals surface area contributed by atoms with Crippen LogP contribution in [-0.2, 0) is 0 Å². The van der Waals surface area contributed by atoms with E-state index in [1.165, 1.54) is 6.07 Å². The molecule has 72 valence electrons. The molecule has 0 atom stereocenters. The van der Waals surface area contributed by atoms with Gasteiger partial charge in [-0.15, -0.1) is 13.2 Å². The molecule has 0 bridgehead atoms. The van der Waals surface area contributed by atoms with Gasteiger partial charge in [0.05, 0.1) is 10.7 Å². The number of benzene rings is 1. The van der Waals surface area contributed by atoms with Crippen LogP contribution in [0.1, 0.15) is 0 Å². The molecule has 0 aliphatic rings. The van der Waals surface area contributed by atoms with Crippen molar-refractivity contribution in [2.24, 2.45) is 0 Å². The Kier molecular flexibility index (Phi) is 2.56. The Hall–Kier alpha value is -1.10. The fraction of sp³-hybridized carbons (Fsp3) is 0.143. The van der Waals surface area contributed by atoms with Crippen LogP contribution in [0.5, 0.6) is 5.75 Å². The van der Waals surface area contributed by atoms with Crippen LogP contribution in [0.15, 0.2) is 18.2 Å². The number of anilines is 1. The molecule has 0 heterocycles. The molecule has 2 N–H and O–H groups in total. The highest BCUT2D eigenvalue weighted by Gasteiger charge is 2.31. The monoisotopic (exact) mass is 211 g/mol. The number of rotatable bonds is 1. The van der Waals surface area contributed by atoms with E-state index in [2.05, 4.69) is 4.74 Å². The van der Waals surface area contributed by atoms with Crippen molar-refractivity contribution in [2.45, 2.75) is 6.36 Å². The van der Waals surface area contributed by atoms with Crippen LogP contribution in [0.4, 0.5) is 18.9 Å². The number of hydrogen-bond acceptors (Lipinski definition) is 2. The largest absolute Gasteiger partial charge is 0.573 e. The lowest BCUT2D eigenvalue weighted by molar-refractivity contribution is -0.274. The van der Waals surface area contributed by atoms with E-state index in [1.807, 2.05) is 0 Å². The zero-order valence-electron chi connectivity index (χ0n) is 6.23. The van der Waals surface area contributed by atoms with E-state index < -0.39 is 6.36 Å². The van der Waals surface area contributed by atoms with Gasteiger partial charge in [-0.05, 0) is 12.1 Å². The SMILES string of the molecule is Nc1ccc(OC(F)(F)F)cc1Cl. The Morgan fingerprint density at radius 2 is 1.92 bits per heavy atom. The first-order chi connectivity index (χ1) is 5.88. The Bertz CT molecular complexity index is 313. The van der Waals surface area contributed by atoms with Gasteiger partial charge in [0.2, 0.25) is 0 Å².